The predicted molar refractivity (Wildman–Crippen MR) is 106 cm³/mol. The maximum absolute atomic E-state index is 13.8. The Hall–Kier alpha value is -3.95. The maximum Gasteiger partial charge on any atom is 0.434 e. The number of aryl methyl sites for hydroxylation is 1. The summed E-state index contributed by atoms with van der Waals surface area (Å²) in [7, 11) is 0. The van der Waals surface area contributed by atoms with Crippen LogP contribution in [0.4, 0.5) is 13.2 Å². The minimum atomic E-state index is -4.76. The summed E-state index contributed by atoms with van der Waals surface area (Å²) in [6, 6.07) is 13.4. The Morgan fingerprint density at radius 2 is 1.68 bits per heavy atom. The molecule has 4 rings (SSSR count). The first-order valence-electron chi connectivity index (χ1n) is 9.27. The van der Waals surface area contributed by atoms with Crippen LogP contribution in [0.2, 0.25) is 0 Å². The fraction of sp³-hybridized carbons (Fsp3) is 0.143. The first-order chi connectivity index (χ1) is 14.8. The molecule has 0 fully saturated rings. The van der Waals surface area contributed by atoms with Crippen molar-refractivity contribution in [2.75, 3.05) is 0 Å². The first-order valence-corrected chi connectivity index (χ1v) is 9.27. The number of rotatable bonds is 5. The fourth-order valence-corrected chi connectivity index (χ4v) is 3.05. The number of alkyl halides is 3. The van der Waals surface area contributed by atoms with Gasteiger partial charge in [-0.05, 0) is 36.8 Å². The van der Waals surface area contributed by atoms with E-state index in [1.807, 2.05) is 6.92 Å². The summed E-state index contributed by atoms with van der Waals surface area (Å²) >= 11 is 0. The second kappa shape index (κ2) is 8.05. The van der Waals surface area contributed by atoms with E-state index < -0.39 is 23.3 Å². The molecule has 0 atom stereocenters. The molecule has 10 heteroatoms. The summed E-state index contributed by atoms with van der Waals surface area (Å²) in [6.45, 7) is 1.89. The van der Waals surface area contributed by atoms with Gasteiger partial charge in [0.15, 0.2) is 5.69 Å². The van der Waals surface area contributed by atoms with Crippen LogP contribution in [0, 0.1) is 6.92 Å². The molecule has 0 aliphatic rings. The average Bonchev–Trinajstić information content (AvgIpc) is 3.43. The van der Waals surface area contributed by atoms with Gasteiger partial charge in [-0.1, -0.05) is 29.8 Å². The molecule has 31 heavy (non-hydrogen) atoms. The van der Waals surface area contributed by atoms with Gasteiger partial charge in [-0.15, -0.1) is 0 Å². The Morgan fingerprint density at radius 1 is 1.00 bits per heavy atom. The maximum atomic E-state index is 13.8. The van der Waals surface area contributed by atoms with Crippen LogP contribution in [0.3, 0.4) is 0 Å². The minimum absolute atomic E-state index is 0.0590. The van der Waals surface area contributed by atoms with Crippen molar-refractivity contribution in [1.29, 1.82) is 0 Å². The Bertz CT molecular complexity index is 1180. The second-order valence-corrected chi connectivity index (χ2v) is 6.84. The average molecular weight is 426 g/mol. The summed E-state index contributed by atoms with van der Waals surface area (Å²) in [4.78, 5) is 16.4. The fourth-order valence-electron chi connectivity index (χ4n) is 3.05. The Kier molecular flexibility index (Phi) is 5.28. The monoisotopic (exact) mass is 426 g/mol. The molecule has 2 aromatic heterocycles. The van der Waals surface area contributed by atoms with E-state index in [1.54, 1.807) is 47.4 Å². The van der Waals surface area contributed by atoms with Crippen molar-refractivity contribution in [3.63, 3.8) is 0 Å². The van der Waals surface area contributed by atoms with Crippen molar-refractivity contribution in [3.05, 3.63) is 89.8 Å². The van der Waals surface area contributed by atoms with Crippen LogP contribution in [-0.4, -0.2) is 30.5 Å². The van der Waals surface area contributed by atoms with Crippen molar-refractivity contribution in [3.8, 4) is 11.4 Å². The Morgan fingerprint density at radius 3 is 2.29 bits per heavy atom. The van der Waals surface area contributed by atoms with E-state index in [1.165, 1.54) is 18.5 Å². The molecule has 7 nitrogen and oxygen atoms in total. The van der Waals surface area contributed by atoms with Crippen molar-refractivity contribution >= 4 is 5.91 Å². The normalized spacial score (nSPS) is 11.5. The molecule has 4 aromatic rings. The van der Waals surface area contributed by atoms with Gasteiger partial charge >= 0.3 is 6.18 Å². The molecule has 1 N–H and O–H groups in total. The van der Waals surface area contributed by atoms with Gasteiger partial charge in [-0.25, -0.2) is 14.3 Å². The third-order valence-electron chi connectivity index (χ3n) is 4.63. The van der Waals surface area contributed by atoms with E-state index in [9.17, 15) is 18.0 Å². The van der Waals surface area contributed by atoms with Crippen LogP contribution in [0.5, 0.6) is 0 Å². The van der Waals surface area contributed by atoms with Gasteiger partial charge in [0.05, 0.1) is 23.1 Å². The number of hydrogen-bond donors (Lipinski definition) is 1. The summed E-state index contributed by atoms with van der Waals surface area (Å²) in [5, 5.41) is 10.4. The SMILES string of the molecule is Cc1ccc(-n2ncc(C(=O)NCc3ccc(-n4cncn4)cc3)c2C(F)(F)F)cc1. The van der Waals surface area contributed by atoms with Gasteiger partial charge in [-0.3, -0.25) is 4.79 Å². The highest BCUT2D eigenvalue weighted by Gasteiger charge is 2.40. The summed E-state index contributed by atoms with van der Waals surface area (Å²) < 4.78 is 43.6. The smallest absolute Gasteiger partial charge is 0.348 e. The van der Waals surface area contributed by atoms with Crippen LogP contribution < -0.4 is 5.32 Å². The molecule has 158 valence electrons. The van der Waals surface area contributed by atoms with Gasteiger partial charge in [0.25, 0.3) is 5.91 Å². The van der Waals surface area contributed by atoms with Crippen LogP contribution in [0.15, 0.2) is 67.4 Å². The second-order valence-electron chi connectivity index (χ2n) is 6.84. The number of nitrogens with one attached hydrogen (secondary N) is 1. The number of amides is 1. The third kappa shape index (κ3) is 4.32. The van der Waals surface area contributed by atoms with Crippen LogP contribution >= 0.6 is 0 Å². The van der Waals surface area contributed by atoms with E-state index in [-0.39, 0.29) is 12.2 Å². The third-order valence-corrected chi connectivity index (χ3v) is 4.63. The molecule has 2 heterocycles. The molecule has 0 saturated carbocycles. The molecule has 0 bridgehead atoms. The predicted octanol–water partition coefficient (Wildman–Crippen LogP) is 3.71. The summed E-state index contributed by atoms with van der Waals surface area (Å²) in [5.74, 6) is -0.856. The molecule has 0 saturated heterocycles. The number of nitrogens with zero attached hydrogens (tertiary/aromatic N) is 5. The van der Waals surface area contributed by atoms with Crippen molar-refractivity contribution in [2.45, 2.75) is 19.6 Å². The van der Waals surface area contributed by atoms with Crippen LogP contribution in [0.25, 0.3) is 11.4 Å². The highest BCUT2D eigenvalue weighted by atomic mass is 19.4. The lowest BCUT2D eigenvalue weighted by Crippen LogP contribution is -2.26. The highest BCUT2D eigenvalue weighted by molar-refractivity contribution is 5.95. The largest absolute Gasteiger partial charge is 0.434 e. The van der Waals surface area contributed by atoms with Crippen molar-refractivity contribution in [2.24, 2.45) is 0 Å². The Labute approximate surface area is 175 Å². The molecular formula is C21H17F3N6O. The highest BCUT2D eigenvalue weighted by Crippen LogP contribution is 2.33. The zero-order valence-electron chi connectivity index (χ0n) is 16.3. The molecule has 2 aromatic carbocycles. The van der Waals surface area contributed by atoms with E-state index in [2.05, 4.69) is 20.5 Å². The molecule has 0 aliphatic carbocycles. The van der Waals surface area contributed by atoms with Crippen molar-refractivity contribution < 1.29 is 18.0 Å². The minimum Gasteiger partial charge on any atom is -0.348 e. The topological polar surface area (TPSA) is 77.6 Å². The number of carbonyl (C=O) groups is 1. The molecular weight excluding hydrogens is 409 g/mol. The van der Waals surface area contributed by atoms with E-state index in [0.29, 0.717) is 0 Å². The van der Waals surface area contributed by atoms with Gasteiger partial charge in [0, 0.05) is 6.54 Å². The zero-order valence-corrected chi connectivity index (χ0v) is 16.3. The van der Waals surface area contributed by atoms with E-state index in [4.69, 9.17) is 0 Å². The van der Waals surface area contributed by atoms with Gasteiger partial charge < -0.3 is 5.32 Å². The first kappa shape index (κ1) is 20.3. The zero-order chi connectivity index (χ0) is 22.0. The van der Waals surface area contributed by atoms with Crippen LogP contribution in [0.1, 0.15) is 27.2 Å². The van der Waals surface area contributed by atoms with E-state index >= 15 is 0 Å². The van der Waals surface area contributed by atoms with Crippen LogP contribution in [-0.2, 0) is 12.7 Å². The number of benzene rings is 2. The molecule has 1 amide bonds. The number of halogens is 3. The summed E-state index contributed by atoms with van der Waals surface area (Å²) in [6.07, 6.45) is -0.871. The summed E-state index contributed by atoms with van der Waals surface area (Å²) in [5.41, 5.74) is 0.962. The quantitative estimate of drug-likeness (QED) is 0.528. The molecule has 0 unspecified atom stereocenters. The molecule has 0 aliphatic heterocycles. The number of hydrogen-bond acceptors (Lipinski definition) is 4. The Balaban J connectivity index is 1.54. The lowest BCUT2D eigenvalue weighted by molar-refractivity contribution is -0.143. The lowest BCUT2D eigenvalue weighted by atomic mass is 10.1. The van der Waals surface area contributed by atoms with Gasteiger partial charge in [0.1, 0.15) is 12.7 Å². The van der Waals surface area contributed by atoms with E-state index in [0.717, 1.165) is 27.7 Å². The van der Waals surface area contributed by atoms with Gasteiger partial charge in [0.2, 0.25) is 0 Å². The molecule has 0 radical (unpaired) electrons. The standard InChI is InChI=1S/C21H17F3N6O/c1-14-2-6-17(7-3-14)30-19(21(22,23)24)18(11-27-30)20(31)26-10-15-4-8-16(9-5-15)29-13-25-12-28-29/h2-9,11-13H,10H2,1H3,(H,26,31). The van der Waals surface area contributed by atoms with Gasteiger partial charge in [-0.2, -0.15) is 23.4 Å². The molecule has 0 spiro atoms. The number of carbonyl (C=O) groups excluding carboxylic acids is 1. The lowest BCUT2D eigenvalue weighted by Gasteiger charge is -2.13. The van der Waals surface area contributed by atoms with Crippen molar-refractivity contribution in [1.82, 2.24) is 29.9 Å². The number of aromatic nitrogens is 5.